The Morgan fingerprint density at radius 1 is 1.26 bits per heavy atom. The van der Waals surface area contributed by atoms with Crippen LogP contribution in [0.2, 0.25) is 0 Å². The monoisotopic (exact) mass is 334 g/mol. The molecule has 0 spiro atoms. The number of hydrogen-bond acceptors (Lipinski definition) is 4. The first kappa shape index (κ1) is 16.4. The summed E-state index contributed by atoms with van der Waals surface area (Å²) in [6, 6.07) is 7.03. The second-order valence-electron chi connectivity index (χ2n) is 6.27. The highest BCUT2D eigenvalue weighted by molar-refractivity contribution is 7.89. The Morgan fingerprint density at radius 3 is 2.65 bits per heavy atom. The van der Waals surface area contributed by atoms with Crippen molar-refractivity contribution in [3.63, 3.8) is 0 Å². The summed E-state index contributed by atoms with van der Waals surface area (Å²) in [6.45, 7) is 3.09. The van der Waals surface area contributed by atoms with Crippen LogP contribution in [0.4, 0.5) is 0 Å². The summed E-state index contributed by atoms with van der Waals surface area (Å²) >= 11 is 0. The lowest BCUT2D eigenvalue weighted by Gasteiger charge is -2.39. The molecule has 1 N–H and O–H groups in total. The van der Waals surface area contributed by atoms with Crippen LogP contribution >= 0.6 is 0 Å². The summed E-state index contributed by atoms with van der Waals surface area (Å²) < 4.78 is 27.6. The van der Waals surface area contributed by atoms with E-state index >= 15 is 0 Å². The van der Waals surface area contributed by atoms with Crippen LogP contribution in [-0.2, 0) is 10.0 Å². The Morgan fingerprint density at radius 2 is 2.00 bits per heavy atom. The van der Waals surface area contributed by atoms with Crippen LogP contribution in [-0.4, -0.2) is 42.5 Å². The minimum absolute atomic E-state index is 0.122. The predicted octanol–water partition coefficient (Wildman–Crippen LogP) is 2.41. The highest BCUT2D eigenvalue weighted by atomic mass is 32.2. The summed E-state index contributed by atoms with van der Waals surface area (Å²) in [5.41, 5.74) is -0.130. The van der Waals surface area contributed by atoms with Crippen molar-refractivity contribution in [3.05, 3.63) is 36.7 Å². The number of pyridine rings is 1. The van der Waals surface area contributed by atoms with Crippen molar-refractivity contribution < 1.29 is 13.5 Å². The average Bonchev–Trinajstić information content (AvgIpc) is 2.61. The zero-order valence-corrected chi connectivity index (χ0v) is 14.1. The van der Waals surface area contributed by atoms with E-state index in [1.54, 1.807) is 34.9 Å². The number of benzene rings is 1. The Bertz CT molecular complexity index is 785. The van der Waals surface area contributed by atoms with Crippen LogP contribution in [0.5, 0.6) is 0 Å². The van der Waals surface area contributed by atoms with Crippen LogP contribution < -0.4 is 0 Å². The summed E-state index contributed by atoms with van der Waals surface area (Å²) in [5, 5.41) is 11.1. The largest absolute Gasteiger partial charge is 0.396 e. The summed E-state index contributed by atoms with van der Waals surface area (Å²) in [6.07, 6.45) is 5.57. The molecule has 1 aliphatic heterocycles. The number of sulfonamides is 1. The van der Waals surface area contributed by atoms with E-state index in [4.69, 9.17) is 0 Å². The van der Waals surface area contributed by atoms with Crippen LogP contribution in [0.3, 0.4) is 0 Å². The second-order valence-corrected chi connectivity index (χ2v) is 8.18. The van der Waals surface area contributed by atoms with E-state index in [0.29, 0.717) is 36.2 Å². The Kier molecular flexibility index (Phi) is 4.40. The lowest BCUT2D eigenvalue weighted by Crippen LogP contribution is -2.44. The lowest BCUT2D eigenvalue weighted by atomic mass is 9.77. The summed E-state index contributed by atoms with van der Waals surface area (Å²) in [7, 11) is -3.53. The van der Waals surface area contributed by atoms with E-state index in [2.05, 4.69) is 11.9 Å². The molecule has 5 nitrogen and oxygen atoms in total. The van der Waals surface area contributed by atoms with Gasteiger partial charge in [-0.3, -0.25) is 4.98 Å². The minimum Gasteiger partial charge on any atom is -0.396 e. The second kappa shape index (κ2) is 6.19. The lowest BCUT2D eigenvalue weighted by molar-refractivity contribution is 0.0648. The number of aliphatic hydroxyl groups is 1. The zero-order valence-electron chi connectivity index (χ0n) is 13.3. The zero-order chi connectivity index (χ0) is 16.5. The van der Waals surface area contributed by atoms with Gasteiger partial charge in [-0.1, -0.05) is 19.1 Å². The molecule has 0 saturated carbocycles. The highest BCUT2D eigenvalue weighted by Crippen LogP contribution is 2.36. The molecule has 124 valence electrons. The van der Waals surface area contributed by atoms with Crippen LogP contribution in [0.25, 0.3) is 10.8 Å². The molecule has 0 aliphatic carbocycles. The van der Waals surface area contributed by atoms with Gasteiger partial charge >= 0.3 is 0 Å². The maximum Gasteiger partial charge on any atom is 0.243 e. The molecule has 1 fully saturated rings. The van der Waals surface area contributed by atoms with Gasteiger partial charge in [-0.25, -0.2) is 8.42 Å². The van der Waals surface area contributed by atoms with Gasteiger partial charge in [-0.15, -0.1) is 0 Å². The molecule has 0 radical (unpaired) electrons. The van der Waals surface area contributed by atoms with Crippen LogP contribution in [0.1, 0.15) is 26.2 Å². The van der Waals surface area contributed by atoms with E-state index in [1.165, 1.54) is 0 Å². The average molecular weight is 334 g/mol. The molecule has 0 atom stereocenters. The number of fused-ring (bicyclic) bond motifs is 1. The van der Waals surface area contributed by atoms with Gasteiger partial charge in [0.2, 0.25) is 10.0 Å². The Labute approximate surface area is 137 Å². The number of piperidine rings is 1. The van der Waals surface area contributed by atoms with Crippen molar-refractivity contribution in [2.24, 2.45) is 5.41 Å². The van der Waals surface area contributed by atoms with Gasteiger partial charge in [-0.05, 0) is 36.8 Å². The Balaban J connectivity index is 1.93. The van der Waals surface area contributed by atoms with Gasteiger partial charge in [0.25, 0.3) is 0 Å². The van der Waals surface area contributed by atoms with Gasteiger partial charge < -0.3 is 5.11 Å². The normalized spacial score (nSPS) is 19.0. The fourth-order valence-corrected chi connectivity index (χ4v) is 4.94. The van der Waals surface area contributed by atoms with E-state index in [0.717, 1.165) is 11.8 Å². The van der Waals surface area contributed by atoms with Crippen LogP contribution in [0.15, 0.2) is 41.6 Å². The molecule has 23 heavy (non-hydrogen) atoms. The van der Waals surface area contributed by atoms with Gasteiger partial charge in [0.15, 0.2) is 0 Å². The van der Waals surface area contributed by atoms with E-state index in [-0.39, 0.29) is 12.0 Å². The van der Waals surface area contributed by atoms with E-state index in [1.807, 2.05) is 6.07 Å². The molecule has 2 aromatic rings. The van der Waals surface area contributed by atoms with Crippen molar-refractivity contribution >= 4 is 20.8 Å². The minimum atomic E-state index is -3.53. The van der Waals surface area contributed by atoms with Gasteiger partial charge in [0, 0.05) is 42.9 Å². The van der Waals surface area contributed by atoms with Crippen LogP contribution in [0, 0.1) is 5.41 Å². The van der Waals surface area contributed by atoms with Gasteiger partial charge in [0.05, 0.1) is 4.90 Å². The molecule has 1 saturated heterocycles. The molecule has 1 aliphatic rings. The van der Waals surface area contributed by atoms with Crippen molar-refractivity contribution in [2.45, 2.75) is 31.1 Å². The fourth-order valence-electron chi connectivity index (χ4n) is 3.28. The highest BCUT2D eigenvalue weighted by Gasteiger charge is 2.37. The predicted molar refractivity (Wildman–Crippen MR) is 89.5 cm³/mol. The summed E-state index contributed by atoms with van der Waals surface area (Å²) in [5.74, 6) is 0. The molecule has 0 unspecified atom stereocenters. The molecule has 0 amide bonds. The van der Waals surface area contributed by atoms with Gasteiger partial charge in [0.1, 0.15) is 0 Å². The smallest absolute Gasteiger partial charge is 0.243 e. The molecule has 1 aromatic carbocycles. The molecule has 0 bridgehead atoms. The first-order chi connectivity index (χ1) is 11.0. The SMILES string of the molecule is CCC1(CO)CCN(S(=O)(=O)c2cccc3cnccc23)CC1. The third kappa shape index (κ3) is 2.86. The van der Waals surface area contributed by atoms with Crippen molar-refractivity contribution in [1.82, 2.24) is 9.29 Å². The van der Waals surface area contributed by atoms with Gasteiger partial charge in [-0.2, -0.15) is 4.31 Å². The van der Waals surface area contributed by atoms with E-state index < -0.39 is 10.0 Å². The molecule has 3 rings (SSSR count). The van der Waals surface area contributed by atoms with Crippen molar-refractivity contribution in [3.8, 4) is 0 Å². The quantitative estimate of drug-likeness (QED) is 0.932. The van der Waals surface area contributed by atoms with E-state index in [9.17, 15) is 13.5 Å². The number of aromatic nitrogens is 1. The molecular formula is C17H22N2O3S. The standard InChI is InChI=1S/C17H22N2O3S/c1-2-17(13-20)7-10-19(11-8-17)23(21,22)16-5-3-4-14-12-18-9-6-15(14)16/h3-6,9,12,20H,2,7-8,10-11,13H2,1H3. The first-order valence-corrected chi connectivity index (χ1v) is 9.40. The number of rotatable bonds is 4. The summed E-state index contributed by atoms with van der Waals surface area (Å²) in [4.78, 5) is 4.39. The maximum atomic E-state index is 13.0. The number of aliphatic hydroxyl groups excluding tert-OH is 1. The third-order valence-electron chi connectivity index (χ3n) is 5.13. The third-order valence-corrected chi connectivity index (χ3v) is 7.08. The maximum absolute atomic E-state index is 13.0. The molecule has 6 heteroatoms. The molecule has 1 aromatic heterocycles. The van der Waals surface area contributed by atoms with Crippen molar-refractivity contribution in [2.75, 3.05) is 19.7 Å². The topological polar surface area (TPSA) is 70.5 Å². The number of nitrogens with zero attached hydrogens (tertiary/aromatic N) is 2. The Hall–Kier alpha value is -1.50. The fraction of sp³-hybridized carbons (Fsp3) is 0.471. The molecule has 2 heterocycles. The first-order valence-electron chi connectivity index (χ1n) is 7.96. The molecular weight excluding hydrogens is 312 g/mol. The van der Waals surface area contributed by atoms with Crippen molar-refractivity contribution in [1.29, 1.82) is 0 Å². The number of hydrogen-bond donors (Lipinski definition) is 1.